The van der Waals surface area contributed by atoms with Gasteiger partial charge in [0.2, 0.25) is 0 Å². The lowest BCUT2D eigenvalue weighted by Gasteiger charge is -1.89. The van der Waals surface area contributed by atoms with Crippen molar-refractivity contribution in [3.05, 3.63) is 24.2 Å². The largest absolute Gasteiger partial charge is 0.468 e. The van der Waals surface area contributed by atoms with Crippen LogP contribution in [0.15, 0.2) is 22.8 Å². The summed E-state index contributed by atoms with van der Waals surface area (Å²) in [4.78, 5) is 0. The van der Waals surface area contributed by atoms with Gasteiger partial charge in [-0.2, -0.15) is 0 Å². The van der Waals surface area contributed by atoms with E-state index in [1.54, 1.807) is 6.26 Å². The molecule has 5 heteroatoms. The van der Waals surface area contributed by atoms with Gasteiger partial charge in [-0.1, -0.05) is 0 Å². The third-order valence-corrected chi connectivity index (χ3v) is 0.856. The second kappa shape index (κ2) is 6.89. The molecule has 0 bridgehead atoms. The Morgan fingerprint density at radius 2 is 2.20 bits per heavy atom. The fourth-order valence-corrected chi connectivity index (χ4v) is 0.514. The van der Waals surface area contributed by atoms with Crippen LogP contribution in [0.4, 0.5) is 0 Å². The highest BCUT2D eigenvalue weighted by atomic mass is 35.5. The van der Waals surface area contributed by atoms with Gasteiger partial charge in [0.1, 0.15) is 5.76 Å². The van der Waals surface area contributed by atoms with Crippen LogP contribution >= 0.6 is 24.8 Å². The SMILES string of the molecule is Cl.Cl.NNCc1ccco1. The van der Waals surface area contributed by atoms with Gasteiger partial charge >= 0.3 is 0 Å². The molecule has 0 saturated carbocycles. The van der Waals surface area contributed by atoms with E-state index in [9.17, 15) is 0 Å². The van der Waals surface area contributed by atoms with E-state index in [2.05, 4.69) is 5.43 Å². The van der Waals surface area contributed by atoms with Crippen LogP contribution in [0.2, 0.25) is 0 Å². The van der Waals surface area contributed by atoms with Gasteiger partial charge in [0.15, 0.2) is 0 Å². The third-order valence-electron chi connectivity index (χ3n) is 0.856. The van der Waals surface area contributed by atoms with E-state index in [0.717, 1.165) is 5.76 Å². The molecule has 10 heavy (non-hydrogen) atoms. The van der Waals surface area contributed by atoms with Crippen LogP contribution in [0.5, 0.6) is 0 Å². The van der Waals surface area contributed by atoms with Gasteiger partial charge in [-0.3, -0.25) is 11.3 Å². The first-order chi connectivity index (χ1) is 3.93. The zero-order chi connectivity index (χ0) is 5.82. The van der Waals surface area contributed by atoms with Crippen molar-refractivity contribution < 1.29 is 4.42 Å². The van der Waals surface area contributed by atoms with Crippen molar-refractivity contribution in [1.29, 1.82) is 0 Å². The van der Waals surface area contributed by atoms with Crippen LogP contribution in [0, 0.1) is 0 Å². The summed E-state index contributed by atoms with van der Waals surface area (Å²) >= 11 is 0. The summed E-state index contributed by atoms with van der Waals surface area (Å²) in [5.41, 5.74) is 2.48. The van der Waals surface area contributed by atoms with Gasteiger partial charge in [0.05, 0.1) is 12.8 Å². The molecule has 0 atom stereocenters. The highest BCUT2D eigenvalue weighted by Gasteiger charge is 1.88. The van der Waals surface area contributed by atoms with Crippen molar-refractivity contribution in [3.8, 4) is 0 Å². The standard InChI is InChI=1S/C5H8N2O.2ClH/c6-7-4-5-2-1-3-8-5;;/h1-3,7H,4,6H2;2*1H. The number of nitrogens with one attached hydrogen (secondary N) is 1. The molecule has 1 aromatic heterocycles. The minimum Gasteiger partial charge on any atom is -0.468 e. The molecule has 0 radical (unpaired) electrons. The van der Waals surface area contributed by atoms with Crippen molar-refractivity contribution in [2.45, 2.75) is 6.54 Å². The summed E-state index contributed by atoms with van der Waals surface area (Å²) in [5, 5.41) is 0. The Morgan fingerprint density at radius 3 is 2.60 bits per heavy atom. The summed E-state index contributed by atoms with van der Waals surface area (Å²) in [6.07, 6.45) is 1.62. The lowest BCUT2D eigenvalue weighted by atomic mass is 10.5. The maximum absolute atomic E-state index is 5.01. The molecule has 0 aliphatic heterocycles. The molecule has 1 rings (SSSR count). The second-order valence-electron chi connectivity index (χ2n) is 1.46. The van der Waals surface area contributed by atoms with E-state index in [-0.39, 0.29) is 24.8 Å². The van der Waals surface area contributed by atoms with Crippen LogP contribution in [0.1, 0.15) is 5.76 Å². The molecule has 3 nitrogen and oxygen atoms in total. The number of furan rings is 1. The predicted octanol–water partition coefficient (Wildman–Crippen LogP) is 1.09. The Kier molecular flexibility index (Phi) is 8.59. The predicted molar refractivity (Wildman–Crippen MR) is 44.2 cm³/mol. The van der Waals surface area contributed by atoms with Crippen molar-refractivity contribution in [3.63, 3.8) is 0 Å². The summed E-state index contributed by atoms with van der Waals surface area (Å²) in [6, 6.07) is 3.69. The minimum absolute atomic E-state index is 0. The van der Waals surface area contributed by atoms with E-state index in [4.69, 9.17) is 10.3 Å². The number of rotatable bonds is 2. The summed E-state index contributed by atoms with van der Waals surface area (Å²) < 4.78 is 4.93. The topological polar surface area (TPSA) is 51.2 Å². The molecule has 1 heterocycles. The van der Waals surface area contributed by atoms with E-state index in [1.807, 2.05) is 12.1 Å². The van der Waals surface area contributed by atoms with Gasteiger partial charge in [-0.25, -0.2) is 0 Å². The maximum Gasteiger partial charge on any atom is 0.118 e. The smallest absolute Gasteiger partial charge is 0.118 e. The maximum atomic E-state index is 5.01. The fourth-order valence-electron chi connectivity index (χ4n) is 0.514. The molecule has 0 unspecified atom stereocenters. The average Bonchev–Trinajstić information content (AvgIpc) is 2.19. The van der Waals surface area contributed by atoms with Crippen LogP contribution in [-0.2, 0) is 6.54 Å². The summed E-state index contributed by atoms with van der Waals surface area (Å²) in [6.45, 7) is 0.590. The average molecular weight is 185 g/mol. The number of halogens is 2. The zero-order valence-electron chi connectivity index (χ0n) is 5.24. The molecule has 3 N–H and O–H groups in total. The van der Waals surface area contributed by atoms with Crippen molar-refractivity contribution in [2.75, 3.05) is 0 Å². The first kappa shape index (κ1) is 12.5. The first-order valence-corrected chi connectivity index (χ1v) is 2.39. The number of hydrazine groups is 1. The van der Waals surface area contributed by atoms with E-state index in [1.165, 1.54) is 0 Å². The lowest BCUT2D eigenvalue weighted by Crippen LogP contribution is -2.20. The molecule has 0 spiro atoms. The monoisotopic (exact) mass is 184 g/mol. The Hall–Kier alpha value is -0.220. The van der Waals surface area contributed by atoms with Crippen LogP contribution < -0.4 is 11.3 Å². The van der Waals surface area contributed by atoms with Crippen molar-refractivity contribution >= 4 is 24.8 Å². The summed E-state index contributed by atoms with van der Waals surface area (Å²) in [7, 11) is 0. The highest BCUT2D eigenvalue weighted by molar-refractivity contribution is 5.85. The van der Waals surface area contributed by atoms with Crippen molar-refractivity contribution in [2.24, 2.45) is 5.84 Å². The molecule has 0 aromatic carbocycles. The van der Waals surface area contributed by atoms with Gasteiger partial charge in [-0.15, -0.1) is 24.8 Å². The molecular weight excluding hydrogens is 175 g/mol. The molecule has 0 saturated heterocycles. The third kappa shape index (κ3) is 3.74. The Labute approximate surface area is 71.8 Å². The van der Waals surface area contributed by atoms with Crippen LogP contribution in [0.3, 0.4) is 0 Å². The molecular formula is C5H10Cl2N2O. The molecule has 0 aliphatic rings. The normalized spacial score (nSPS) is 7.70. The van der Waals surface area contributed by atoms with Crippen LogP contribution in [-0.4, -0.2) is 0 Å². The Morgan fingerprint density at radius 1 is 1.50 bits per heavy atom. The zero-order valence-corrected chi connectivity index (χ0v) is 6.87. The van der Waals surface area contributed by atoms with E-state index in [0.29, 0.717) is 6.54 Å². The summed E-state index contributed by atoms with van der Waals surface area (Å²) in [5.74, 6) is 5.86. The highest BCUT2D eigenvalue weighted by Crippen LogP contribution is 1.96. The quantitative estimate of drug-likeness (QED) is 0.535. The van der Waals surface area contributed by atoms with Crippen LogP contribution in [0.25, 0.3) is 0 Å². The molecule has 0 fully saturated rings. The van der Waals surface area contributed by atoms with Gasteiger partial charge in [0.25, 0.3) is 0 Å². The van der Waals surface area contributed by atoms with Crippen molar-refractivity contribution in [1.82, 2.24) is 5.43 Å². The van der Waals surface area contributed by atoms with Gasteiger partial charge in [-0.05, 0) is 12.1 Å². The second-order valence-corrected chi connectivity index (χ2v) is 1.46. The molecule has 1 aromatic rings. The number of hydrogen-bond donors (Lipinski definition) is 2. The van der Waals surface area contributed by atoms with E-state index >= 15 is 0 Å². The fraction of sp³-hybridized carbons (Fsp3) is 0.200. The Balaban J connectivity index is 0. The lowest BCUT2D eigenvalue weighted by molar-refractivity contribution is 0.488. The first-order valence-electron chi connectivity index (χ1n) is 2.39. The number of nitrogens with two attached hydrogens (primary N) is 1. The van der Waals surface area contributed by atoms with E-state index < -0.39 is 0 Å². The van der Waals surface area contributed by atoms with Gasteiger partial charge in [0, 0.05) is 0 Å². The molecule has 0 amide bonds. The Bertz CT molecular complexity index is 143. The molecule has 0 aliphatic carbocycles. The van der Waals surface area contributed by atoms with Gasteiger partial charge < -0.3 is 4.42 Å². The molecule has 60 valence electrons. The minimum atomic E-state index is 0. The number of hydrogen-bond acceptors (Lipinski definition) is 3.